The minimum atomic E-state index is -4.53. The summed E-state index contributed by atoms with van der Waals surface area (Å²) in [6.45, 7) is 3.59. The third-order valence-corrected chi connectivity index (χ3v) is 3.77. The number of rotatable bonds is 2. The Balaban J connectivity index is 2.21. The summed E-state index contributed by atoms with van der Waals surface area (Å²) < 4.78 is 40.6. The van der Waals surface area contributed by atoms with Crippen molar-refractivity contribution >= 4 is 0 Å². The van der Waals surface area contributed by atoms with Gasteiger partial charge < -0.3 is 5.11 Å². The number of aromatic hydroxyl groups is 1. The van der Waals surface area contributed by atoms with E-state index < -0.39 is 11.9 Å². The van der Waals surface area contributed by atoms with E-state index in [0.29, 0.717) is 22.5 Å². The Morgan fingerprint density at radius 2 is 1.62 bits per heavy atom. The molecule has 0 aliphatic heterocycles. The molecule has 0 saturated heterocycles. The molecule has 6 heteroatoms. The summed E-state index contributed by atoms with van der Waals surface area (Å²) in [7, 11) is 0. The van der Waals surface area contributed by atoms with Crippen molar-refractivity contribution in [3.05, 3.63) is 65.4 Å². The predicted octanol–water partition coefficient (Wildman–Crippen LogP) is 4.88. The van der Waals surface area contributed by atoms with Crippen molar-refractivity contribution in [2.45, 2.75) is 20.0 Å². The molecular formula is C18H15F3N2O. The minimum absolute atomic E-state index is 0.0937. The van der Waals surface area contributed by atoms with Gasteiger partial charge in [-0.1, -0.05) is 17.7 Å². The van der Waals surface area contributed by atoms with Crippen molar-refractivity contribution < 1.29 is 18.3 Å². The van der Waals surface area contributed by atoms with E-state index in [1.54, 1.807) is 31.2 Å². The van der Waals surface area contributed by atoms with Crippen LogP contribution in [-0.4, -0.2) is 14.9 Å². The van der Waals surface area contributed by atoms with Gasteiger partial charge in [-0.2, -0.15) is 18.3 Å². The fourth-order valence-electron chi connectivity index (χ4n) is 2.42. The number of hydrogen-bond acceptors (Lipinski definition) is 2. The van der Waals surface area contributed by atoms with Crippen LogP contribution in [0.15, 0.2) is 48.5 Å². The zero-order chi connectivity index (χ0) is 17.5. The first-order chi connectivity index (χ1) is 11.3. The summed E-state index contributed by atoms with van der Waals surface area (Å²) in [5, 5.41) is 13.4. The Kier molecular flexibility index (Phi) is 3.83. The average molecular weight is 332 g/mol. The lowest BCUT2D eigenvalue weighted by atomic mass is 10.1. The maximum absolute atomic E-state index is 13.1. The Morgan fingerprint density at radius 3 is 2.21 bits per heavy atom. The fraction of sp³-hybridized carbons (Fsp3) is 0.167. The molecule has 0 saturated carbocycles. The van der Waals surface area contributed by atoms with Crippen molar-refractivity contribution in [1.29, 1.82) is 0 Å². The van der Waals surface area contributed by atoms with Crippen molar-refractivity contribution in [3.8, 4) is 22.7 Å². The molecule has 0 aliphatic carbocycles. The zero-order valence-electron chi connectivity index (χ0n) is 13.1. The Hall–Kier alpha value is -2.76. The van der Waals surface area contributed by atoms with E-state index >= 15 is 0 Å². The number of nitrogens with zero attached hydrogens (tertiary/aromatic N) is 2. The van der Waals surface area contributed by atoms with Crippen LogP contribution in [0.2, 0.25) is 0 Å². The standard InChI is InChI=1S/C18H15F3N2O/c1-11-3-6-14(7-4-11)23-15(10-17(22-23)18(19,20)21)13-5-8-16(24)12(2)9-13/h3-10,24H,1-2H3. The van der Waals surface area contributed by atoms with Gasteiger partial charge in [-0.15, -0.1) is 0 Å². The highest BCUT2D eigenvalue weighted by atomic mass is 19.4. The van der Waals surface area contributed by atoms with E-state index in [4.69, 9.17) is 0 Å². The summed E-state index contributed by atoms with van der Waals surface area (Å²) in [6.07, 6.45) is -4.53. The van der Waals surface area contributed by atoms with Crippen molar-refractivity contribution in [1.82, 2.24) is 9.78 Å². The van der Waals surface area contributed by atoms with E-state index in [9.17, 15) is 18.3 Å². The summed E-state index contributed by atoms with van der Waals surface area (Å²) in [6, 6.07) is 12.8. The van der Waals surface area contributed by atoms with E-state index in [2.05, 4.69) is 5.10 Å². The number of phenolic OH excluding ortho intramolecular Hbond substituents is 1. The van der Waals surface area contributed by atoms with E-state index in [0.717, 1.165) is 11.6 Å². The smallest absolute Gasteiger partial charge is 0.435 e. The fourth-order valence-corrected chi connectivity index (χ4v) is 2.42. The molecule has 0 atom stereocenters. The minimum Gasteiger partial charge on any atom is -0.508 e. The molecule has 1 heterocycles. The number of aryl methyl sites for hydroxylation is 2. The Bertz CT molecular complexity index is 880. The van der Waals surface area contributed by atoms with Gasteiger partial charge in [-0.25, -0.2) is 4.68 Å². The second-order valence-electron chi connectivity index (χ2n) is 5.66. The molecule has 124 valence electrons. The van der Waals surface area contributed by atoms with E-state index in [-0.39, 0.29) is 5.75 Å². The highest BCUT2D eigenvalue weighted by molar-refractivity contribution is 5.65. The Labute approximate surface area is 137 Å². The number of hydrogen-bond donors (Lipinski definition) is 1. The van der Waals surface area contributed by atoms with Gasteiger partial charge >= 0.3 is 6.18 Å². The van der Waals surface area contributed by atoms with Crippen LogP contribution in [0.25, 0.3) is 16.9 Å². The molecular weight excluding hydrogens is 317 g/mol. The van der Waals surface area contributed by atoms with Crippen LogP contribution in [-0.2, 0) is 6.18 Å². The lowest BCUT2D eigenvalue weighted by Gasteiger charge is -2.09. The largest absolute Gasteiger partial charge is 0.508 e. The maximum atomic E-state index is 13.1. The van der Waals surface area contributed by atoms with Crippen LogP contribution in [0.1, 0.15) is 16.8 Å². The van der Waals surface area contributed by atoms with E-state index in [1.807, 2.05) is 19.1 Å². The van der Waals surface area contributed by atoms with Crippen molar-refractivity contribution in [3.63, 3.8) is 0 Å². The molecule has 1 N–H and O–H groups in total. The highest BCUT2D eigenvalue weighted by Gasteiger charge is 2.35. The van der Waals surface area contributed by atoms with Gasteiger partial charge in [-0.3, -0.25) is 0 Å². The van der Waals surface area contributed by atoms with Gasteiger partial charge in [0.2, 0.25) is 0 Å². The van der Waals surface area contributed by atoms with Crippen LogP contribution < -0.4 is 0 Å². The van der Waals surface area contributed by atoms with Crippen LogP contribution in [0, 0.1) is 13.8 Å². The van der Waals surface area contributed by atoms with Crippen LogP contribution in [0.4, 0.5) is 13.2 Å². The molecule has 0 fully saturated rings. The number of alkyl halides is 3. The normalized spacial score (nSPS) is 11.7. The topological polar surface area (TPSA) is 38.0 Å². The number of benzene rings is 2. The van der Waals surface area contributed by atoms with Gasteiger partial charge in [0.1, 0.15) is 5.75 Å². The predicted molar refractivity (Wildman–Crippen MR) is 85.1 cm³/mol. The molecule has 0 bridgehead atoms. The quantitative estimate of drug-likeness (QED) is 0.726. The van der Waals surface area contributed by atoms with Gasteiger partial charge in [0.15, 0.2) is 5.69 Å². The molecule has 0 amide bonds. The van der Waals surface area contributed by atoms with Gasteiger partial charge in [0, 0.05) is 5.56 Å². The number of aromatic nitrogens is 2. The highest BCUT2D eigenvalue weighted by Crippen LogP contribution is 2.34. The summed E-state index contributed by atoms with van der Waals surface area (Å²) in [5.74, 6) is 0.0937. The molecule has 0 unspecified atom stereocenters. The first-order valence-electron chi connectivity index (χ1n) is 7.30. The first kappa shape index (κ1) is 16.1. The maximum Gasteiger partial charge on any atom is 0.435 e. The molecule has 2 aromatic carbocycles. The van der Waals surface area contributed by atoms with Crippen molar-refractivity contribution in [2.75, 3.05) is 0 Å². The third kappa shape index (κ3) is 2.99. The molecule has 3 nitrogen and oxygen atoms in total. The lowest BCUT2D eigenvalue weighted by Crippen LogP contribution is -2.07. The second kappa shape index (κ2) is 5.70. The lowest BCUT2D eigenvalue weighted by molar-refractivity contribution is -0.141. The molecule has 0 spiro atoms. The van der Waals surface area contributed by atoms with Gasteiger partial charge in [0.05, 0.1) is 11.4 Å². The van der Waals surface area contributed by atoms with Gasteiger partial charge in [0.25, 0.3) is 0 Å². The Morgan fingerprint density at radius 1 is 0.958 bits per heavy atom. The summed E-state index contributed by atoms with van der Waals surface area (Å²) in [5.41, 5.74) is 2.03. The molecule has 1 aromatic heterocycles. The molecule has 3 aromatic rings. The first-order valence-corrected chi connectivity index (χ1v) is 7.30. The number of halogens is 3. The molecule has 3 rings (SSSR count). The number of phenols is 1. The molecule has 0 aliphatic rings. The summed E-state index contributed by atoms with van der Waals surface area (Å²) >= 11 is 0. The monoisotopic (exact) mass is 332 g/mol. The van der Waals surface area contributed by atoms with E-state index in [1.165, 1.54) is 10.7 Å². The van der Waals surface area contributed by atoms with Crippen LogP contribution >= 0.6 is 0 Å². The second-order valence-corrected chi connectivity index (χ2v) is 5.66. The third-order valence-electron chi connectivity index (χ3n) is 3.77. The average Bonchev–Trinajstić information content (AvgIpc) is 2.96. The summed E-state index contributed by atoms with van der Waals surface area (Å²) in [4.78, 5) is 0. The molecule has 0 radical (unpaired) electrons. The van der Waals surface area contributed by atoms with Crippen molar-refractivity contribution in [2.24, 2.45) is 0 Å². The SMILES string of the molecule is Cc1ccc(-n2nc(C(F)(F)F)cc2-c2ccc(O)c(C)c2)cc1. The zero-order valence-corrected chi connectivity index (χ0v) is 13.1. The van der Waals surface area contributed by atoms with Crippen LogP contribution in [0.3, 0.4) is 0 Å². The molecule has 24 heavy (non-hydrogen) atoms. The van der Waals surface area contributed by atoms with Gasteiger partial charge in [-0.05, 0) is 55.8 Å². The van der Waals surface area contributed by atoms with Crippen LogP contribution in [0.5, 0.6) is 5.75 Å².